The van der Waals surface area contributed by atoms with Crippen LogP contribution in [0.3, 0.4) is 0 Å². The quantitative estimate of drug-likeness (QED) is 0.688. The first-order valence-electron chi connectivity index (χ1n) is 4.47. The summed E-state index contributed by atoms with van der Waals surface area (Å²) < 4.78 is 0. The van der Waals surface area contributed by atoms with Gasteiger partial charge in [0, 0.05) is 25.5 Å². The van der Waals surface area contributed by atoms with E-state index in [2.05, 4.69) is 0 Å². The SMILES string of the molecule is CC(C)C(C/C=C/Cl)C(=O)N(C)C. The van der Waals surface area contributed by atoms with E-state index >= 15 is 0 Å². The molecular weight excluding hydrogens is 186 g/mol. The number of carbonyl (C=O) groups excluding carboxylic acids is 1. The fourth-order valence-corrected chi connectivity index (χ4v) is 1.29. The van der Waals surface area contributed by atoms with E-state index in [1.165, 1.54) is 5.54 Å². The van der Waals surface area contributed by atoms with Crippen LogP contribution in [0.15, 0.2) is 11.6 Å². The maximum atomic E-state index is 11.6. The average Bonchev–Trinajstić information content (AvgIpc) is 2.04. The second-order valence-electron chi connectivity index (χ2n) is 3.68. The van der Waals surface area contributed by atoms with Crippen molar-refractivity contribution in [2.24, 2.45) is 11.8 Å². The van der Waals surface area contributed by atoms with E-state index in [0.717, 1.165) is 6.42 Å². The molecule has 0 aromatic carbocycles. The molecule has 0 spiro atoms. The molecule has 0 radical (unpaired) electrons. The number of rotatable bonds is 4. The number of amides is 1. The molecule has 0 aliphatic rings. The molecule has 2 nitrogen and oxygen atoms in total. The Morgan fingerprint density at radius 3 is 2.31 bits per heavy atom. The highest BCUT2D eigenvalue weighted by Crippen LogP contribution is 2.18. The van der Waals surface area contributed by atoms with Crippen LogP contribution in [0.5, 0.6) is 0 Å². The normalized spacial score (nSPS) is 13.7. The lowest BCUT2D eigenvalue weighted by Crippen LogP contribution is -2.32. The zero-order valence-electron chi connectivity index (χ0n) is 8.75. The maximum Gasteiger partial charge on any atom is 0.225 e. The average molecular weight is 204 g/mol. The predicted molar refractivity (Wildman–Crippen MR) is 56.6 cm³/mol. The van der Waals surface area contributed by atoms with Crippen molar-refractivity contribution in [1.82, 2.24) is 4.90 Å². The molecular formula is C10H18ClNO. The lowest BCUT2D eigenvalue weighted by atomic mass is 9.91. The molecule has 0 N–H and O–H groups in total. The van der Waals surface area contributed by atoms with Crippen LogP contribution in [0.25, 0.3) is 0 Å². The highest BCUT2D eigenvalue weighted by atomic mass is 35.5. The Morgan fingerprint density at radius 1 is 1.46 bits per heavy atom. The van der Waals surface area contributed by atoms with Gasteiger partial charge >= 0.3 is 0 Å². The summed E-state index contributed by atoms with van der Waals surface area (Å²) in [5.74, 6) is 0.567. The number of hydrogen-bond acceptors (Lipinski definition) is 1. The molecule has 0 aliphatic carbocycles. The van der Waals surface area contributed by atoms with Crippen molar-refractivity contribution in [3.05, 3.63) is 11.6 Å². The molecule has 0 heterocycles. The van der Waals surface area contributed by atoms with Gasteiger partial charge in [0.05, 0.1) is 0 Å². The fraction of sp³-hybridized carbons (Fsp3) is 0.700. The molecule has 0 saturated heterocycles. The summed E-state index contributed by atoms with van der Waals surface area (Å²) in [6.45, 7) is 4.10. The van der Waals surface area contributed by atoms with Crippen molar-refractivity contribution in [3.8, 4) is 0 Å². The van der Waals surface area contributed by atoms with Gasteiger partial charge < -0.3 is 4.90 Å². The molecule has 0 bridgehead atoms. The van der Waals surface area contributed by atoms with Crippen LogP contribution in [0, 0.1) is 11.8 Å². The van der Waals surface area contributed by atoms with Gasteiger partial charge in [-0.2, -0.15) is 0 Å². The molecule has 13 heavy (non-hydrogen) atoms. The minimum atomic E-state index is 0.0463. The Hall–Kier alpha value is -0.500. The molecule has 0 aromatic heterocycles. The fourth-order valence-electron chi connectivity index (χ4n) is 1.19. The van der Waals surface area contributed by atoms with Gasteiger partial charge in [0.25, 0.3) is 0 Å². The summed E-state index contributed by atoms with van der Waals surface area (Å²) in [6.07, 6.45) is 2.55. The van der Waals surface area contributed by atoms with Crippen LogP contribution in [0.2, 0.25) is 0 Å². The van der Waals surface area contributed by atoms with Gasteiger partial charge in [0.1, 0.15) is 0 Å². The second-order valence-corrected chi connectivity index (χ2v) is 3.93. The number of halogens is 1. The second kappa shape index (κ2) is 6.03. The zero-order chi connectivity index (χ0) is 10.4. The Balaban J connectivity index is 4.33. The van der Waals surface area contributed by atoms with Crippen molar-refractivity contribution in [2.75, 3.05) is 14.1 Å². The van der Waals surface area contributed by atoms with Crippen molar-refractivity contribution in [2.45, 2.75) is 20.3 Å². The van der Waals surface area contributed by atoms with Gasteiger partial charge in [-0.3, -0.25) is 4.79 Å². The largest absolute Gasteiger partial charge is 0.349 e. The van der Waals surface area contributed by atoms with Crippen molar-refractivity contribution in [1.29, 1.82) is 0 Å². The standard InChI is InChI=1S/C10H18ClNO/c1-8(2)9(6-5-7-11)10(13)12(3)4/h5,7-9H,6H2,1-4H3/b7-5+. The first kappa shape index (κ1) is 12.5. The van der Waals surface area contributed by atoms with E-state index in [9.17, 15) is 4.79 Å². The van der Waals surface area contributed by atoms with Gasteiger partial charge in [-0.05, 0) is 12.3 Å². The third-order valence-electron chi connectivity index (χ3n) is 2.04. The predicted octanol–water partition coefficient (Wildman–Crippen LogP) is 2.49. The summed E-state index contributed by atoms with van der Waals surface area (Å²) in [7, 11) is 3.56. The molecule has 1 unspecified atom stereocenters. The molecule has 0 saturated carbocycles. The van der Waals surface area contributed by atoms with Crippen molar-refractivity contribution < 1.29 is 4.79 Å². The molecule has 1 amide bonds. The maximum absolute atomic E-state index is 11.6. The third-order valence-corrected chi connectivity index (χ3v) is 2.22. The first-order valence-corrected chi connectivity index (χ1v) is 4.90. The smallest absolute Gasteiger partial charge is 0.225 e. The zero-order valence-corrected chi connectivity index (χ0v) is 9.51. The number of hydrogen-bond donors (Lipinski definition) is 0. The van der Waals surface area contributed by atoms with Crippen LogP contribution < -0.4 is 0 Å². The lowest BCUT2D eigenvalue weighted by Gasteiger charge is -2.22. The highest BCUT2D eigenvalue weighted by molar-refractivity contribution is 6.25. The Morgan fingerprint density at radius 2 is 2.00 bits per heavy atom. The molecule has 0 aromatic rings. The number of nitrogens with zero attached hydrogens (tertiary/aromatic N) is 1. The Kier molecular flexibility index (Phi) is 5.80. The van der Waals surface area contributed by atoms with Crippen LogP contribution in [0.4, 0.5) is 0 Å². The van der Waals surface area contributed by atoms with E-state index in [1.807, 2.05) is 19.9 Å². The van der Waals surface area contributed by atoms with Gasteiger partial charge in [-0.15, -0.1) is 0 Å². The van der Waals surface area contributed by atoms with Crippen LogP contribution in [-0.2, 0) is 4.79 Å². The van der Waals surface area contributed by atoms with E-state index in [0.29, 0.717) is 5.92 Å². The molecule has 76 valence electrons. The topological polar surface area (TPSA) is 20.3 Å². The van der Waals surface area contributed by atoms with Crippen LogP contribution in [0.1, 0.15) is 20.3 Å². The highest BCUT2D eigenvalue weighted by Gasteiger charge is 2.21. The molecule has 3 heteroatoms. The summed E-state index contributed by atoms with van der Waals surface area (Å²) in [6, 6.07) is 0. The monoisotopic (exact) mass is 203 g/mol. The number of carbonyl (C=O) groups is 1. The molecule has 1 atom stereocenters. The lowest BCUT2D eigenvalue weighted by molar-refractivity contribution is -0.134. The summed E-state index contributed by atoms with van der Waals surface area (Å²) in [5.41, 5.74) is 1.47. The summed E-state index contributed by atoms with van der Waals surface area (Å²) >= 11 is 5.43. The Bertz CT molecular complexity index is 187. The number of allylic oxidation sites excluding steroid dienone is 1. The molecule has 0 rings (SSSR count). The molecule has 0 fully saturated rings. The summed E-state index contributed by atoms with van der Waals surface area (Å²) in [4.78, 5) is 13.3. The van der Waals surface area contributed by atoms with Crippen LogP contribution in [-0.4, -0.2) is 24.9 Å². The van der Waals surface area contributed by atoms with Gasteiger partial charge in [-0.25, -0.2) is 0 Å². The van der Waals surface area contributed by atoms with Crippen LogP contribution >= 0.6 is 11.6 Å². The van der Waals surface area contributed by atoms with Gasteiger partial charge in [0.2, 0.25) is 5.91 Å². The Labute approximate surface area is 85.6 Å². The minimum Gasteiger partial charge on any atom is -0.349 e. The first-order chi connectivity index (χ1) is 6.00. The summed E-state index contributed by atoms with van der Waals surface area (Å²) in [5, 5.41) is 0. The van der Waals surface area contributed by atoms with Gasteiger partial charge in [0.15, 0.2) is 0 Å². The van der Waals surface area contributed by atoms with E-state index in [4.69, 9.17) is 11.6 Å². The van der Waals surface area contributed by atoms with Gasteiger partial charge in [-0.1, -0.05) is 31.5 Å². The van der Waals surface area contributed by atoms with Crippen molar-refractivity contribution in [3.63, 3.8) is 0 Å². The minimum absolute atomic E-state index is 0.0463. The molecule has 0 aliphatic heterocycles. The van der Waals surface area contributed by atoms with Crippen molar-refractivity contribution >= 4 is 17.5 Å². The van der Waals surface area contributed by atoms with E-state index < -0.39 is 0 Å². The van der Waals surface area contributed by atoms with E-state index in [-0.39, 0.29) is 11.8 Å². The van der Waals surface area contributed by atoms with E-state index in [1.54, 1.807) is 19.0 Å². The third kappa shape index (κ3) is 4.32.